The van der Waals surface area contributed by atoms with Crippen molar-refractivity contribution in [1.29, 1.82) is 0 Å². The van der Waals surface area contributed by atoms with Crippen LogP contribution in [-0.2, 0) is 20.7 Å². The van der Waals surface area contributed by atoms with E-state index in [0.29, 0.717) is 5.56 Å². The molecule has 2 N–H and O–H groups in total. The lowest BCUT2D eigenvalue weighted by Crippen LogP contribution is -2.10. The zero-order chi connectivity index (χ0) is 16.3. The number of primary amides is 1. The van der Waals surface area contributed by atoms with Crippen molar-refractivity contribution in [2.75, 3.05) is 6.26 Å². The van der Waals surface area contributed by atoms with Gasteiger partial charge in [0.15, 0.2) is 0 Å². The fraction of sp³-hybridized carbons (Fsp3) is 0.133. The highest BCUT2D eigenvalue weighted by molar-refractivity contribution is 7.99. The first-order valence-corrected chi connectivity index (χ1v) is 9.43. The smallest absolute Gasteiger partial charge is 0.288 e. The molecule has 0 fully saturated rings. The van der Waals surface area contributed by atoms with Gasteiger partial charge >= 0.3 is 0 Å². The third kappa shape index (κ3) is 3.80. The number of benzene rings is 2. The molecule has 0 bridgehead atoms. The Bertz CT molecular complexity index is 824. The summed E-state index contributed by atoms with van der Waals surface area (Å²) in [5, 5.41) is 0. The highest BCUT2D eigenvalue weighted by Gasteiger charge is 2.13. The minimum Gasteiger partial charge on any atom is -0.366 e. The van der Waals surface area contributed by atoms with Crippen LogP contribution in [0, 0.1) is 6.92 Å². The molecule has 7 heteroatoms. The van der Waals surface area contributed by atoms with E-state index in [0.717, 1.165) is 10.5 Å². The number of hydrogen-bond donors (Lipinski definition) is 1. The topological polar surface area (TPSA) is 89.6 Å². The molecule has 1 amide bonds. The number of amides is 1. The van der Waals surface area contributed by atoms with E-state index in [1.54, 1.807) is 54.8 Å². The van der Waals surface area contributed by atoms with Gasteiger partial charge < -0.3 is 5.73 Å². The summed E-state index contributed by atoms with van der Waals surface area (Å²) in [6.07, 6.45) is 1.71. The van der Waals surface area contributed by atoms with E-state index in [4.69, 9.17) is 5.73 Å². The van der Waals surface area contributed by atoms with E-state index < -0.39 is 26.6 Å². The van der Waals surface area contributed by atoms with Crippen molar-refractivity contribution in [3.63, 3.8) is 0 Å². The first-order chi connectivity index (χ1) is 10.3. The van der Waals surface area contributed by atoms with Crippen molar-refractivity contribution in [3.05, 3.63) is 59.7 Å². The van der Waals surface area contributed by atoms with Gasteiger partial charge in [0.2, 0.25) is 5.91 Å². The molecule has 0 aliphatic heterocycles. The fourth-order valence-corrected chi connectivity index (χ4v) is 4.64. The molecule has 0 spiro atoms. The molecule has 0 saturated heterocycles. The summed E-state index contributed by atoms with van der Waals surface area (Å²) in [4.78, 5) is 11.9. The van der Waals surface area contributed by atoms with E-state index in [-0.39, 0.29) is 4.90 Å². The number of nitrogens with two attached hydrogens (primary N) is 1. The lowest BCUT2D eigenvalue weighted by atomic mass is 10.2. The normalized spacial score (nSPS) is 13.0. The number of aryl methyl sites for hydroxylation is 1. The van der Waals surface area contributed by atoms with Gasteiger partial charge in [-0.15, -0.1) is 3.77 Å². The minimum atomic E-state index is -3.71. The van der Waals surface area contributed by atoms with Crippen LogP contribution in [0.2, 0.25) is 0 Å². The molecule has 2 aromatic carbocycles. The zero-order valence-corrected chi connectivity index (χ0v) is 13.8. The Morgan fingerprint density at radius 2 is 1.59 bits per heavy atom. The van der Waals surface area contributed by atoms with Gasteiger partial charge in [-0.3, -0.25) is 4.79 Å². The zero-order valence-electron chi connectivity index (χ0n) is 12.2. The number of sulfonamides is 1. The van der Waals surface area contributed by atoms with Crippen LogP contribution in [0.25, 0.3) is 0 Å². The Kier molecular flexibility index (Phi) is 4.77. The van der Waals surface area contributed by atoms with Gasteiger partial charge in [-0.2, -0.15) is 8.42 Å². The van der Waals surface area contributed by atoms with Gasteiger partial charge in [0.05, 0.1) is 4.90 Å². The Balaban J connectivity index is 2.34. The van der Waals surface area contributed by atoms with Crippen molar-refractivity contribution in [3.8, 4) is 0 Å². The molecule has 0 saturated carbocycles. The van der Waals surface area contributed by atoms with Crippen LogP contribution < -0.4 is 5.73 Å². The predicted molar refractivity (Wildman–Crippen MR) is 87.3 cm³/mol. The molecule has 0 radical (unpaired) electrons. The van der Waals surface area contributed by atoms with E-state index in [1.165, 1.54) is 0 Å². The summed E-state index contributed by atoms with van der Waals surface area (Å²) in [5.41, 5.74) is 6.53. The Labute approximate surface area is 132 Å². The third-order valence-electron chi connectivity index (χ3n) is 3.01. The number of carbonyl (C=O) groups is 1. The van der Waals surface area contributed by atoms with Crippen molar-refractivity contribution >= 4 is 26.6 Å². The summed E-state index contributed by atoms with van der Waals surface area (Å²) in [6.45, 7) is 1.89. The van der Waals surface area contributed by atoms with Gasteiger partial charge in [0.1, 0.15) is 0 Å². The minimum absolute atomic E-state index is 0.172. The molecule has 2 aromatic rings. The van der Waals surface area contributed by atoms with Crippen LogP contribution in [0.15, 0.2) is 62.1 Å². The maximum absolute atomic E-state index is 12.3. The molecule has 116 valence electrons. The summed E-state index contributed by atoms with van der Waals surface area (Å²) in [5.74, 6) is -0.522. The van der Waals surface area contributed by atoms with E-state index in [1.807, 2.05) is 6.92 Å². The highest BCUT2D eigenvalue weighted by Crippen LogP contribution is 2.17. The maximum Gasteiger partial charge on any atom is 0.288 e. The van der Waals surface area contributed by atoms with Gasteiger partial charge in [0, 0.05) is 10.5 Å². The van der Waals surface area contributed by atoms with E-state index in [9.17, 15) is 13.2 Å². The fourth-order valence-electron chi connectivity index (χ4n) is 1.76. The average Bonchev–Trinajstić information content (AvgIpc) is 2.47. The Morgan fingerprint density at radius 3 is 2.09 bits per heavy atom. The number of nitrogens with zero attached hydrogens (tertiary/aromatic N) is 1. The maximum atomic E-state index is 12.3. The Morgan fingerprint density at radius 1 is 1.05 bits per heavy atom. The van der Waals surface area contributed by atoms with Crippen LogP contribution in [0.1, 0.15) is 15.9 Å². The van der Waals surface area contributed by atoms with Crippen molar-refractivity contribution in [1.82, 2.24) is 0 Å². The van der Waals surface area contributed by atoms with E-state index in [2.05, 4.69) is 3.77 Å². The van der Waals surface area contributed by atoms with Crippen LogP contribution >= 0.6 is 0 Å². The monoisotopic (exact) mass is 336 g/mol. The lowest BCUT2D eigenvalue weighted by Gasteiger charge is -2.05. The molecular formula is C15H16N2O3S2. The van der Waals surface area contributed by atoms with Crippen molar-refractivity contribution in [2.24, 2.45) is 9.50 Å². The second kappa shape index (κ2) is 6.41. The SMILES string of the molecule is Cc1ccc(S(=O)(=O)N=S(C)c2ccc(C(N)=O)cc2)cc1. The van der Waals surface area contributed by atoms with Gasteiger partial charge in [-0.25, -0.2) is 0 Å². The molecule has 5 nitrogen and oxygen atoms in total. The molecular weight excluding hydrogens is 320 g/mol. The summed E-state index contributed by atoms with van der Waals surface area (Å²) >= 11 is 0. The van der Waals surface area contributed by atoms with Gasteiger partial charge in [-0.05, 0) is 49.6 Å². The number of hydrogen-bond acceptors (Lipinski definition) is 3. The predicted octanol–water partition coefficient (Wildman–Crippen LogP) is 2.27. The summed E-state index contributed by atoms with van der Waals surface area (Å²) in [6, 6.07) is 13.0. The molecule has 22 heavy (non-hydrogen) atoms. The van der Waals surface area contributed by atoms with Crippen LogP contribution in [0.5, 0.6) is 0 Å². The number of rotatable bonds is 4. The summed E-state index contributed by atoms with van der Waals surface area (Å²) < 4.78 is 28.5. The third-order valence-corrected chi connectivity index (χ3v) is 6.51. The first kappa shape index (κ1) is 16.4. The molecule has 0 aliphatic rings. The van der Waals surface area contributed by atoms with Crippen LogP contribution in [-0.4, -0.2) is 20.6 Å². The van der Waals surface area contributed by atoms with Crippen molar-refractivity contribution < 1.29 is 13.2 Å². The largest absolute Gasteiger partial charge is 0.366 e. The molecule has 2 rings (SSSR count). The van der Waals surface area contributed by atoms with E-state index >= 15 is 0 Å². The molecule has 0 aliphatic carbocycles. The molecule has 1 atom stereocenters. The van der Waals surface area contributed by atoms with Gasteiger partial charge in [-0.1, -0.05) is 28.4 Å². The standard InChI is InChI=1S/C15H16N2O3S2/c1-11-3-9-14(10-4-11)22(19,20)17-21(2)13-7-5-12(6-8-13)15(16)18/h3-10H,1-2H3,(H2,16,18). The lowest BCUT2D eigenvalue weighted by molar-refractivity contribution is 0.1000. The van der Waals surface area contributed by atoms with Crippen LogP contribution in [0.3, 0.4) is 0 Å². The summed E-state index contributed by atoms with van der Waals surface area (Å²) in [7, 11) is -4.55. The quantitative estimate of drug-likeness (QED) is 0.928. The highest BCUT2D eigenvalue weighted by atomic mass is 32.3. The first-order valence-electron chi connectivity index (χ1n) is 6.40. The molecule has 0 heterocycles. The number of carbonyl (C=O) groups excluding carboxylic acids is 1. The van der Waals surface area contributed by atoms with Crippen LogP contribution in [0.4, 0.5) is 0 Å². The van der Waals surface area contributed by atoms with Crippen molar-refractivity contribution in [2.45, 2.75) is 16.7 Å². The van der Waals surface area contributed by atoms with Gasteiger partial charge in [0.25, 0.3) is 10.0 Å². The second-order valence-corrected chi connectivity index (χ2v) is 8.17. The molecule has 1 unspecified atom stereocenters. The molecule has 0 aromatic heterocycles. The second-order valence-electron chi connectivity index (χ2n) is 4.73. The average molecular weight is 336 g/mol. The Hall–Kier alpha value is -1.99.